The zero-order valence-electron chi connectivity index (χ0n) is 17.4. The normalized spacial score (nSPS) is 11.4. The van der Waals surface area contributed by atoms with E-state index < -0.39 is 23.1 Å². The van der Waals surface area contributed by atoms with Crippen LogP contribution < -0.4 is 5.32 Å². The van der Waals surface area contributed by atoms with Gasteiger partial charge in [0.15, 0.2) is 5.69 Å². The fraction of sp³-hybridized carbons (Fsp3) is 0.120. The summed E-state index contributed by atoms with van der Waals surface area (Å²) in [5.74, 6) is -1.86. The number of hydrogen-bond acceptors (Lipinski definition) is 2. The third-order valence-corrected chi connectivity index (χ3v) is 5.51. The Morgan fingerprint density at radius 1 is 0.969 bits per heavy atom. The summed E-state index contributed by atoms with van der Waals surface area (Å²) >= 11 is 6.62. The van der Waals surface area contributed by atoms with Crippen LogP contribution in [0.2, 0.25) is 5.02 Å². The van der Waals surface area contributed by atoms with Crippen LogP contribution in [0.15, 0.2) is 78.9 Å². The van der Waals surface area contributed by atoms with Crippen LogP contribution in [0.3, 0.4) is 0 Å². The highest BCUT2D eigenvalue weighted by Gasteiger charge is 2.29. The molecule has 0 radical (unpaired) electrons. The van der Waals surface area contributed by atoms with Gasteiger partial charge in [0.2, 0.25) is 0 Å². The summed E-state index contributed by atoms with van der Waals surface area (Å²) in [7, 11) is 0. The van der Waals surface area contributed by atoms with Crippen molar-refractivity contribution in [3.05, 3.63) is 107 Å². The molecule has 0 fully saturated rings. The Morgan fingerprint density at radius 3 is 2.25 bits per heavy atom. The highest BCUT2D eigenvalue weighted by Crippen LogP contribution is 2.34. The van der Waals surface area contributed by atoms with Gasteiger partial charge in [-0.2, -0.15) is 5.10 Å². The zero-order valence-corrected chi connectivity index (χ0v) is 18.2. The Kier molecular flexibility index (Phi) is 5.80. The zero-order chi connectivity index (χ0) is 22.9. The minimum Gasteiger partial charge on any atom is -0.342 e. The maximum atomic E-state index is 14.6. The summed E-state index contributed by atoms with van der Waals surface area (Å²) in [6.07, 6.45) is 0. The van der Waals surface area contributed by atoms with Gasteiger partial charge in [-0.05, 0) is 31.5 Å². The van der Waals surface area contributed by atoms with Crippen LogP contribution in [0, 0.1) is 11.6 Å². The largest absolute Gasteiger partial charge is 0.342 e. The molecule has 0 saturated carbocycles. The number of hydrogen-bond donors (Lipinski definition) is 1. The summed E-state index contributed by atoms with van der Waals surface area (Å²) < 4.78 is 29.7. The maximum absolute atomic E-state index is 14.6. The Balaban J connectivity index is 1.83. The van der Waals surface area contributed by atoms with Gasteiger partial charge in [-0.15, -0.1) is 0 Å². The molecule has 4 nitrogen and oxygen atoms in total. The molecule has 0 atom stereocenters. The molecule has 0 aliphatic heterocycles. The lowest BCUT2D eigenvalue weighted by atomic mass is 9.94. The lowest BCUT2D eigenvalue weighted by Crippen LogP contribution is -2.41. The van der Waals surface area contributed by atoms with Gasteiger partial charge in [-0.25, -0.2) is 13.5 Å². The Labute approximate surface area is 189 Å². The molecular weight excluding hydrogens is 432 g/mol. The van der Waals surface area contributed by atoms with Gasteiger partial charge in [0.1, 0.15) is 22.3 Å². The van der Waals surface area contributed by atoms with E-state index in [1.54, 1.807) is 24.3 Å². The molecule has 1 aromatic heterocycles. The molecule has 4 rings (SSSR count). The van der Waals surface area contributed by atoms with Crippen molar-refractivity contribution in [1.82, 2.24) is 15.1 Å². The van der Waals surface area contributed by atoms with Gasteiger partial charge in [0.25, 0.3) is 5.91 Å². The molecule has 1 heterocycles. The summed E-state index contributed by atoms with van der Waals surface area (Å²) in [5.41, 5.74) is 0.839. The Bertz CT molecular complexity index is 1270. The number of nitrogens with zero attached hydrogens (tertiary/aromatic N) is 2. The van der Waals surface area contributed by atoms with Crippen molar-refractivity contribution in [2.45, 2.75) is 19.4 Å². The van der Waals surface area contributed by atoms with E-state index in [-0.39, 0.29) is 16.4 Å². The van der Waals surface area contributed by atoms with Gasteiger partial charge in [0, 0.05) is 11.6 Å². The quantitative estimate of drug-likeness (QED) is 0.396. The summed E-state index contributed by atoms with van der Waals surface area (Å²) in [4.78, 5) is 13.2. The van der Waals surface area contributed by atoms with Gasteiger partial charge in [-0.3, -0.25) is 4.79 Å². The first-order chi connectivity index (χ1) is 15.3. The van der Waals surface area contributed by atoms with Gasteiger partial charge in [-0.1, -0.05) is 72.3 Å². The maximum Gasteiger partial charge on any atom is 0.274 e. The lowest BCUT2D eigenvalue weighted by Gasteiger charge is -2.26. The highest BCUT2D eigenvalue weighted by molar-refractivity contribution is 6.36. The first-order valence-electron chi connectivity index (χ1n) is 9.95. The first kappa shape index (κ1) is 21.7. The molecule has 32 heavy (non-hydrogen) atoms. The molecule has 0 aliphatic rings. The lowest BCUT2D eigenvalue weighted by molar-refractivity contribution is 0.0906. The molecule has 1 N–H and O–H groups in total. The average molecular weight is 452 g/mol. The van der Waals surface area contributed by atoms with E-state index in [1.165, 1.54) is 4.68 Å². The van der Waals surface area contributed by atoms with Crippen molar-refractivity contribution in [3.8, 4) is 16.9 Å². The van der Waals surface area contributed by atoms with E-state index >= 15 is 0 Å². The summed E-state index contributed by atoms with van der Waals surface area (Å²) in [5, 5.41) is 7.28. The van der Waals surface area contributed by atoms with Crippen LogP contribution in [-0.4, -0.2) is 15.7 Å². The summed E-state index contributed by atoms with van der Waals surface area (Å²) in [6.45, 7) is 3.71. The topological polar surface area (TPSA) is 46.9 Å². The van der Waals surface area contributed by atoms with E-state index in [9.17, 15) is 13.6 Å². The van der Waals surface area contributed by atoms with Crippen molar-refractivity contribution in [1.29, 1.82) is 0 Å². The molecule has 0 saturated heterocycles. The summed E-state index contributed by atoms with van der Waals surface area (Å²) in [6, 6.07) is 21.4. The molecule has 162 valence electrons. The number of amides is 1. The smallest absolute Gasteiger partial charge is 0.274 e. The number of aromatic nitrogens is 2. The second kappa shape index (κ2) is 8.55. The van der Waals surface area contributed by atoms with Crippen molar-refractivity contribution in [2.75, 3.05) is 0 Å². The number of halogens is 3. The molecule has 4 aromatic rings. The Morgan fingerprint density at radius 2 is 1.59 bits per heavy atom. The number of rotatable bonds is 5. The number of carbonyl (C=O) groups is 1. The van der Waals surface area contributed by atoms with E-state index in [4.69, 9.17) is 11.6 Å². The molecular formula is C25H20ClF2N3O. The molecule has 1 amide bonds. The molecule has 0 bridgehead atoms. The van der Waals surface area contributed by atoms with Crippen molar-refractivity contribution < 1.29 is 13.6 Å². The third-order valence-electron chi connectivity index (χ3n) is 5.15. The van der Waals surface area contributed by atoms with Crippen molar-refractivity contribution >= 4 is 17.5 Å². The van der Waals surface area contributed by atoms with Gasteiger partial charge in [0.05, 0.1) is 11.2 Å². The standard InChI is InChI=1S/C25H20ClF2N3O/c1-25(2,17-11-7-4-8-12-17)29-24(32)22-21(26)23(16-9-5-3-6-10-16)31(30-22)20-15-18(27)13-14-19(20)28/h3-15H,1-2H3,(H,29,32). The predicted octanol–water partition coefficient (Wildman–Crippen LogP) is 6.14. The molecule has 3 aromatic carbocycles. The molecule has 0 spiro atoms. The van der Waals surface area contributed by atoms with Crippen LogP contribution in [0.4, 0.5) is 8.78 Å². The first-order valence-corrected chi connectivity index (χ1v) is 10.3. The van der Waals surface area contributed by atoms with E-state index in [2.05, 4.69) is 10.4 Å². The minimum atomic E-state index is -0.720. The SMILES string of the molecule is CC(C)(NC(=O)c1nn(-c2cc(F)ccc2F)c(-c2ccccc2)c1Cl)c1ccccc1. The van der Waals surface area contributed by atoms with E-state index in [1.807, 2.05) is 50.2 Å². The molecule has 7 heteroatoms. The van der Waals surface area contributed by atoms with Crippen LogP contribution in [0.25, 0.3) is 16.9 Å². The van der Waals surface area contributed by atoms with Crippen LogP contribution in [0.1, 0.15) is 29.9 Å². The average Bonchev–Trinajstić information content (AvgIpc) is 3.13. The van der Waals surface area contributed by atoms with Crippen molar-refractivity contribution in [3.63, 3.8) is 0 Å². The minimum absolute atomic E-state index is 0.0428. The van der Waals surface area contributed by atoms with Crippen molar-refractivity contribution in [2.24, 2.45) is 0 Å². The number of nitrogens with one attached hydrogen (secondary N) is 1. The fourth-order valence-corrected chi connectivity index (χ4v) is 3.79. The highest BCUT2D eigenvalue weighted by atomic mass is 35.5. The third kappa shape index (κ3) is 4.14. The second-order valence-corrected chi connectivity index (χ2v) is 8.21. The second-order valence-electron chi connectivity index (χ2n) is 7.83. The van der Waals surface area contributed by atoms with Crippen LogP contribution >= 0.6 is 11.6 Å². The van der Waals surface area contributed by atoms with Gasteiger partial charge >= 0.3 is 0 Å². The van der Waals surface area contributed by atoms with E-state index in [0.717, 1.165) is 23.8 Å². The molecule has 0 unspecified atom stereocenters. The fourth-order valence-electron chi connectivity index (χ4n) is 3.48. The van der Waals surface area contributed by atoms with E-state index in [0.29, 0.717) is 11.3 Å². The van der Waals surface area contributed by atoms with Gasteiger partial charge < -0.3 is 5.32 Å². The molecule has 0 aliphatic carbocycles. The Hall–Kier alpha value is -3.51. The predicted molar refractivity (Wildman–Crippen MR) is 121 cm³/mol. The monoisotopic (exact) mass is 451 g/mol. The van der Waals surface area contributed by atoms with Crippen LogP contribution in [0.5, 0.6) is 0 Å². The van der Waals surface area contributed by atoms with Crippen LogP contribution in [-0.2, 0) is 5.54 Å². The number of benzene rings is 3. The number of carbonyl (C=O) groups excluding carboxylic acids is 1.